The van der Waals surface area contributed by atoms with Crippen molar-refractivity contribution in [2.45, 2.75) is 44.4 Å². The third kappa shape index (κ3) is 4.06. The van der Waals surface area contributed by atoms with Gasteiger partial charge in [0.15, 0.2) is 5.82 Å². The Kier molecular flexibility index (Phi) is 5.38. The summed E-state index contributed by atoms with van der Waals surface area (Å²) in [6.45, 7) is 1.94. The number of hydrogen-bond acceptors (Lipinski definition) is 8. The molecule has 3 aromatic heterocycles. The van der Waals surface area contributed by atoms with Gasteiger partial charge in [-0.3, -0.25) is 4.79 Å². The lowest BCUT2D eigenvalue weighted by Crippen LogP contribution is -2.53. The minimum Gasteiger partial charge on any atom is -0.437 e. The fourth-order valence-electron chi connectivity index (χ4n) is 4.90. The smallest absolute Gasteiger partial charge is 0.433 e. The molecule has 6 heterocycles. The second-order valence-corrected chi connectivity index (χ2v) is 8.95. The molecule has 0 radical (unpaired) electrons. The van der Waals surface area contributed by atoms with Gasteiger partial charge in [0.2, 0.25) is 17.7 Å². The molecule has 36 heavy (non-hydrogen) atoms. The average molecular weight is 497 g/mol. The number of rotatable bonds is 5. The Balaban J connectivity index is 1.15. The molecule has 1 atom stereocenters. The van der Waals surface area contributed by atoms with Gasteiger partial charge in [0.1, 0.15) is 23.2 Å². The molecule has 0 bridgehead atoms. The van der Waals surface area contributed by atoms with Crippen molar-refractivity contribution in [2.75, 3.05) is 28.2 Å². The Morgan fingerprint density at radius 3 is 2.69 bits per heavy atom. The minimum absolute atomic E-state index is 0.136. The molecule has 12 heteroatoms. The van der Waals surface area contributed by atoms with Crippen LogP contribution in [0.3, 0.4) is 0 Å². The second-order valence-electron chi connectivity index (χ2n) is 8.95. The van der Waals surface area contributed by atoms with Gasteiger partial charge < -0.3 is 19.9 Å². The number of hydrogen-bond donors (Lipinski definition) is 1. The van der Waals surface area contributed by atoms with Gasteiger partial charge in [-0.25, -0.2) is 15.0 Å². The predicted octanol–water partition coefficient (Wildman–Crippen LogP) is 3.95. The van der Waals surface area contributed by atoms with Crippen molar-refractivity contribution >= 4 is 23.4 Å². The van der Waals surface area contributed by atoms with E-state index in [0.29, 0.717) is 19.0 Å². The topological polar surface area (TPSA) is 96.4 Å². The van der Waals surface area contributed by atoms with Crippen LogP contribution in [0, 0.1) is 0 Å². The van der Waals surface area contributed by atoms with E-state index in [1.54, 1.807) is 18.3 Å². The van der Waals surface area contributed by atoms with Crippen LogP contribution in [0.25, 0.3) is 0 Å². The van der Waals surface area contributed by atoms with Crippen LogP contribution in [0.1, 0.15) is 36.2 Å². The highest BCUT2D eigenvalue weighted by Gasteiger charge is 2.44. The Bertz CT molecular complexity index is 1300. The molecule has 6 rings (SSSR count). The van der Waals surface area contributed by atoms with Gasteiger partial charge >= 0.3 is 6.18 Å². The summed E-state index contributed by atoms with van der Waals surface area (Å²) in [5.74, 6) is 1.88. The van der Waals surface area contributed by atoms with Gasteiger partial charge in [-0.15, -0.1) is 0 Å². The molecule has 3 aliphatic rings. The largest absolute Gasteiger partial charge is 0.437 e. The van der Waals surface area contributed by atoms with Crippen LogP contribution in [0.5, 0.6) is 11.6 Å². The lowest BCUT2D eigenvalue weighted by Gasteiger charge is -2.41. The third-order valence-corrected chi connectivity index (χ3v) is 6.58. The van der Waals surface area contributed by atoms with Crippen molar-refractivity contribution in [3.05, 3.63) is 53.6 Å². The van der Waals surface area contributed by atoms with Crippen molar-refractivity contribution in [1.82, 2.24) is 19.9 Å². The fourth-order valence-corrected chi connectivity index (χ4v) is 4.90. The zero-order valence-corrected chi connectivity index (χ0v) is 19.1. The second kappa shape index (κ2) is 8.61. The zero-order chi connectivity index (χ0) is 24.9. The molecule has 1 amide bonds. The van der Waals surface area contributed by atoms with E-state index in [4.69, 9.17) is 14.7 Å². The Labute approximate surface area is 204 Å². The number of halogens is 3. The first-order valence-corrected chi connectivity index (χ1v) is 11.8. The summed E-state index contributed by atoms with van der Waals surface area (Å²) < 4.78 is 43.5. The van der Waals surface area contributed by atoms with Gasteiger partial charge in [-0.1, -0.05) is 6.07 Å². The van der Waals surface area contributed by atoms with Crippen molar-refractivity contribution in [3.8, 4) is 11.6 Å². The van der Waals surface area contributed by atoms with E-state index in [-0.39, 0.29) is 23.6 Å². The SMILES string of the molecule is O=C1[C@@H]2CCCN2c2nc(NCc3ccc(Oc4ccc(C(F)(F)F)nc4)nc3)nc3c2N1CCC3. The predicted molar refractivity (Wildman–Crippen MR) is 124 cm³/mol. The molecule has 1 fully saturated rings. The van der Waals surface area contributed by atoms with E-state index >= 15 is 0 Å². The number of amides is 1. The van der Waals surface area contributed by atoms with Crippen LogP contribution in [-0.4, -0.2) is 45.0 Å². The van der Waals surface area contributed by atoms with Crippen LogP contribution in [0.15, 0.2) is 36.7 Å². The molecule has 1 saturated heterocycles. The molecule has 1 N–H and O–H groups in total. The van der Waals surface area contributed by atoms with Gasteiger partial charge in [0.05, 0.1) is 11.9 Å². The van der Waals surface area contributed by atoms with Crippen LogP contribution in [0.2, 0.25) is 0 Å². The average Bonchev–Trinajstić information content (AvgIpc) is 3.37. The first kappa shape index (κ1) is 22.5. The number of aryl methyl sites for hydroxylation is 1. The maximum atomic E-state index is 12.9. The minimum atomic E-state index is -4.50. The molecule has 0 spiro atoms. The van der Waals surface area contributed by atoms with Gasteiger partial charge in [-0.2, -0.15) is 18.2 Å². The number of anilines is 3. The molecule has 9 nitrogen and oxygen atoms in total. The normalized spacial score (nSPS) is 18.6. The zero-order valence-electron chi connectivity index (χ0n) is 19.1. The summed E-state index contributed by atoms with van der Waals surface area (Å²) in [6.07, 6.45) is 1.61. The Morgan fingerprint density at radius 2 is 1.94 bits per heavy atom. The number of ether oxygens (including phenoxy) is 1. The molecule has 186 valence electrons. The van der Waals surface area contributed by atoms with E-state index < -0.39 is 11.9 Å². The van der Waals surface area contributed by atoms with Crippen LogP contribution in [-0.2, 0) is 23.9 Å². The first-order valence-electron chi connectivity index (χ1n) is 11.8. The number of carbonyl (C=O) groups is 1. The standard InChI is InChI=1S/C24H22F3N7O2/c25-24(26,27)18-7-6-15(13-28-18)36-19-8-5-14(11-29-19)12-30-23-31-16-3-1-10-34-20(16)21(32-23)33-9-2-4-17(33)22(34)35/h5-8,11,13,17H,1-4,9-10,12H2,(H,30,31,32)/t17-/m0/s1. The summed E-state index contributed by atoms with van der Waals surface area (Å²) in [6, 6.07) is 5.35. The molecule has 0 aromatic carbocycles. The number of carbonyl (C=O) groups excluding carboxylic acids is 1. The van der Waals surface area contributed by atoms with E-state index in [1.807, 2.05) is 4.90 Å². The maximum Gasteiger partial charge on any atom is 0.433 e. The van der Waals surface area contributed by atoms with Crippen LogP contribution in [0.4, 0.5) is 30.6 Å². The maximum absolute atomic E-state index is 12.9. The summed E-state index contributed by atoms with van der Waals surface area (Å²) in [5, 5.41) is 3.26. The Hall–Kier alpha value is -3.96. The lowest BCUT2D eigenvalue weighted by atomic mass is 10.0. The number of alkyl halides is 3. The number of pyridine rings is 2. The van der Waals surface area contributed by atoms with E-state index in [1.165, 1.54) is 6.07 Å². The molecule has 3 aliphatic heterocycles. The van der Waals surface area contributed by atoms with Crippen LogP contribution >= 0.6 is 0 Å². The monoisotopic (exact) mass is 497 g/mol. The molecule has 0 aliphatic carbocycles. The molecule has 3 aromatic rings. The van der Waals surface area contributed by atoms with Crippen molar-refractivity contribution in [2.24, 2.45) is 0 Å². The van der Waals surface area contributed by atoms with Crippen molar-refractivity contribution in [1.29, 1.82) is 0 Å². The molecular weight excluding hydrogens is 475 g/mol. The van der Waals surface area contributed by atoms with Gasteiger partial charge in [-0.05, 0) is 43.4 Å². The Morgan fingerprint density at radius 1 is 1.06 bits per heavy atom. The van der Waals surface area contributed by atoms with Crippen molar-refractivity contribution in [3.63, 3.8) is 0 Å². The molecule has 0 unspecified atom stereocenters. The number of nitrogens with zero attached hydrogens (tertiary/aromatic N) is 6. The van der Waals surface area contributed by atoms with E-state index in [2.05, 4.69) is 20.2 Å². The van der Waals surface area contributed by atoms with E-state index in [0.717, 1.165) is 67.3 Å². The third-order valence-electron chi connectivity index (χ3n) is 6.58. The highest BCUT2D eigenvalue weighted by Crippen LogP contribution is 2.43. The summed E-state index contributed by atoms with van der Waals surface area (Å²) in [7, 11) is 0. The van der Waals surface area contributed by atoms with Gasteiger partial charge in [0.25, 0.3) is 0 Å². The van der Waals surface area contributed by atoms with Gasteiger partial charge in [0, 0.05) is 31.9 Å². The van der Waals surface area contributed by atoms with Crippen LogP contribution < -0.4 is 19.9 Å². The highest BCUT2D eigenvalue weighted by atomic mass is 19.4. The first-order chi connectivity index (χ1) is 17.4. The number of nitrogens with one attached hydrogen (secondary N) is 1. The molecular formula is C24H22F3N7O2. The lowest BCUT2D eigenvalue weighted by molar-refractivity contribution is -0.141. The van der Waals surface area contributed by atoms with Crippen molar-refractivity contribution < 1.29 is 22.7 Å². The molecule has 0 saturated carbocycles. The summed E-state index contributed by atoms with van der Waals surface area (Å²) >= 11 is 0. The summed E-state index contributed by atoms with van der Waals surface area (Å²) in [5.41, 5.74) is 1.61. The van der Waals surface area contributed by atoms with E-state index in [9.17, 15) is 18.0 Å². The quantitative estimate of drug-likeness (QED) is 0.566. The highest BCUT2D eigenvalue weighted by molar-refractivity contribution is 6.06. The summed E-state index contributed by atoms with van der Waals surface area (Å²) in [4.78, 5) is 34.0. The number of fused-ring (bicyclic) bond motifs is 2. The number of aromatic nitrogens is 4. The fraction of sp³-hybridized carbons (Fsp3) is 0.375.